The van der Waals surface area contributed by atoms with E-state index >= 15 is 0 Å². The van der Waals surface area contributed by atoms with Crippen molar-refractivity contribution >= 4 is 17.7 Å². The number of carbonyl (C=O) groups is 1. The van der Waals surface area contributed by atoms with Gasteiger partial charge in [0.25, 0.3) is 0 Å². The van der Waals surface area contributed by atoms with Gasteiger partial charge in [0.1, 0.15) is 6.04 Å². The number of nitrogens with one attached hydrogen (secondary N) is 1. The first-order valence-corrected chi connectivity index (χ1v) is 7.42. The summed E-state index contributed by atoms with van der Waals surface area (Å²) in [5.74, 6) is 0.999. The summed E-state index contributed by atoms with van der Waals surface area (Å²) in [6, 6.07) is -0.311. The molecule has 0 aromatic heterocycles. The SMILES string of the molecule is O=C(O)C1CCSC(C2CCCCCC2)N1. The highest BCUT2D eigenvalue weighted by molar-refractivity contribution is 7.99. The van der Waals surface area contributed by atoms with Crippen molar-refractivity contribution in [1.82, 2.24) is 5.32 Å². The van der Waals surface area contributed by atoms with Crippen LogP contribution in [-0.2, 0) is 4.79 Å². The molecule has 1 saturated heterocycles. The Morgan fingerprint density at radius 3 is 2.44 bits per heavy atom. The zero-order valence-electron chi connectivity index (χ0n) is 9.65. The lowest BCUT2D eigenvalue weighted by molar-refractivity contribution is -0.139. The lowest BCUT2D eigenvalue weighted by atomic mass is 9.99. The Bertz CT molecular complexity index is 239. The minimum absolute atomic E-state index is 0.311. The van der Waals surface area contributed by atoms with E-state index < -0.39 is 5.97 Å². The van der Waals surface area contributed by atoms with Crippen LogP contribution in [0.1, 0.15) is 44.9 Å². The van der Waals surface area contributed by atoms with Gasteiger partial charge in [-0.25, -0.2) is 0 Å². The Morgan fingerprint density at radius 1 is 1.12 bits per heavy atom. The van der Waals surface area contributed by atoms with E-state index in [4.69, 9.17) is 5.11 Å². The third-order valence-corrected chi connectivity index (χ3v) is 5.05. The van der Waals surface area contributed by atoms with E-state index in [2.05, 4.69) is 5.32 Å². The predicted molar refractivity (Wildman–Crippen MR) is 66.6 cm³/mol. The second-order valence-electron chi connectivity index (χ2n) is 4.89. The van der Waals surface area contributed by atoms with E-state index in [9.17, 15) is 4.79 Å². The van der Waals surface area contributed by atoms with Crippen LogP contribution in [0, 0.1) is 5.92 Å². The van der Waals surface area contributed by atoms with Gasteiger partial charge in [0.2, 0.25) is 0 Å². The van der Waals surface area contributed by atoms with Gasteiger partial charge < -0.3 is 5.11 Å². The summed E-state index contributed by atoms with van der Waals surface area (Å²) < 4.78 is 0. The number of hydrogen-bond donors (Lipinski definition) is 2. The molecular weight excluding hydrogens is 222 g/mol. The third-order valence-electron chi connectivity index (χ3n) is 3.70. The van der Waals surface area contributed by atoms with Crippen LogP contribution < -0.4 is 5.32 Å². The fourth-order valence-corrected chi connectivity index (χ4v) is 4.15. The van der Waals surface area contributed by atoms with Gasteiger partial charge in [-0.2, -0.15) is 0 Å². The van der Waals surface area contributed by atoms with Crippen LogP contribution in [-0.4, -0.2) is 28.2 Å². The smallest absolute Gasteiger partial charge is 0.320 e. The fourth-order valence-electron chi connectivity index (χ4n) is 2.72. The van der Waals surface area contributed by atoms with Crippen molar-refractivity contribution in [2.24, 2.45) is 5.92 Å². The summed E-state index contributed by atoms with van der Waals surface area (Å²) in [7, 11) is 0. The van der Waals surface area contributed by atoms with Crippen LogP contribution in [0.25, 0.3) is 0 Å². The van der Waals surface area contributed by atoms with Crippen molar-refractivity contribution in [3.63, 3.8) is 0 Å². The standard InChI is InChI=1S/C12H21NO2S/c14-12(15)10-7-8-16-11(13-10)9-5-3-1-2-4-6-9/h9-11,13H,1-8H2,(H,14,15). The first-order chi connectivity index (χ1) is 7.77. The molecule has 2 rings (SSSR count). The summed E-state index contributed by atoms with van der Waals surface area (Å²) in [6.45, 7) is 0. The average molecular weight is 243 g/mol. The molecule has 2 N–H and O–H groups in total. The van der Waals surface area contributed by atoms with Gasteiger partial charge in [-0.15, -0.1) is 11.8 Å². The van der Waals surface area contributed by atoms with E-state index in [1.54, 1.807) is 0 Å². The molecule has 0 bridgehead atoms. The molecule has 1 heterocycles. The maximum Gasteiger partial charge on any atom is 0.320 e. The quantitative estimate of drug-likeness (QED) is 0.731. The molecule has 92 valence electrons. The van der Waals surface area contributed by atoms with Gasteiger partial charge in [-0.05, 0) is 30.9 Å². The Labute approximate surface area is 101 Å². The second kappa shape index (κ2) is 5.92. The normalized spacial score (nSPS) is 33.2. The Morgan fingerprint density at radius 2 is 1.81 bits per heavy atom. The highest BCUT2D eigenvalue weighted by Crippen LogP contribution is 2.33. The molecular formula is C12H21NO2S. The van der Waals surface area contributed by atoms with Gasteiger partial charge in [0, 0.05) is 0 Å². The third kappa shape index (κ3) is 3.14. The van der Waals surface area contributed by atoms with Crippen molar-refractivity contribution in [1.29, 1.82) is 0 Å². The molecule has 0 spiro atoms. The predicted octanol–water partition coefficient (Wildman–Crippen LogP) is 2.46. The highest BCUT2D eigenvalue weighted by Gasteiger charge is 2.31. The van der Waals surface area contributed by atoms with Gasteiger partial charge in [0.05, 0.1) is 5.37 Å². The molecule has 16 heavy (non-hydrogen) atoms. The first-order valence-electron chi connectivity index (χ1n) is 6.38. The zero-order chi connectivity index (χ0) is 11.4. The van der Waals surface area contributed by atoms with Crippen LogP contribution in [0.2, 0.25) is 0 Å². The molecule has 2 unspecified atom stereocenters. The molecule has 1 saturated carbocycles. The lowest BCUT2D eigenvalue weighted by Gasteiger charge is -2.33. The minimum atomic E-state index is -0.682. The molecule has 4 heteroatoms. The Kier molecular flexibility index (Phi) is 4.53. The van der Waals surface area contributed by atoms with Crippen molar-refractivity contribution in [2.45, 2.75) is 56.4 Å². The summed E-state index contributed by atoms with van der Waals surface area (Å²) >= 11 is 1.93. The molecule has 2 atom stereocenters. The maximum atomic E-state index is 11.0. The fraction of sp³-hybridized carbons (Fsp3) is 0.917. The van der Waals surface area contributed by atoms with E-state index in [1.165, 1.54) is 38.5 Å². The minimum Gasteiger partial charge on any atom is -0.480 e. The van der Waals surface area contributed by atoms with Crippen LogP contribution in [0.5, 0.6) is 0 Å². The monoisotopic (exact) mass is 243 g/mol. The second-order valence-corrected chi connectivity index (χ2v) is 6.14. The van der Waals surface area contributed by atoms with E-state index in [0.717, 1.165) is 12.2 Å². The van der Waals surface area contributed by atoms with E-state index in [1.807, 2.05) is 11.8 Å². The number of carboxylic acid groups (broad SMARTS) is 1. The summed E-state index contributed by atoms with van der Waals surface area (Å²) in [4.78, 5) is 11.0. The molecule has 3 nitrogen and oxygen atoms in total. The number of hydrogen-bond acceptors (Lipinski definition) is 3. The maximum absolute atomic E-state index is 11.0. The van der Waals surface area contributed by atoms with Gasteiger partial charge in [-0.3, -0.25) is 10.1 Å². The molecule has 2 fully saturated rings. The van der Waals surface area contributed by atoms with Crippen molar-refractivity contribution in [2.75, 3.05) is 5.75 Å². The number of rotatable bonds is 2. The van der Waals surface area contributed by atoms with Gasteiger partial charge in [0.15, 0.2) is 0 Å². The Balaban J connectivity index is 1.89. The number of aliphatic carboxylic acids is 1. The van der Waals surface area contributed by atoms with Crippen LogP contribution in [0.3, 0.4) is 0 Å². The van der Waals surface area contributed by atoms with Crippen LogP contribution in [0.4, 0.5) is 0 Å². The highest BCUT2D eigenvalue weighted by atomic mass is 32.2. The van der Waals surface area contributed by atoms with Gasteiger partial charge in [-0.1, -0.05) is 25.7 Å². The van der Waals surface area contributed by atoms with Crippen molar-refractivity contribution in [3.8, 4) is 0 Å². The number of thioether (sulfide) groups is 1. The molecule has 1 aliphatic heterocycles. The van der Waals surface area contributed by atoms with Crippen LogP contribution in [0.15, 0.2) is 0 Å². The Hall–Kier alpha value is -0.220. The lowest BCUT2D eigenvalue weighted by Crippen LogP contribution is -2.48. The average Bonchev–Trinajstić information content (AvgIpc) is 2.57. The topological polar surface area (TPSA) is 49.3 Å². The summed E-state index contributed by atoms with van der Waals surface area (Å²) in [5.41, 5.74) is 0. The first kappa shape index (κ1) is 12.2. The zero-order valence-corrected chi connectivity index (χ0v) is 10.5. The molecule has 0 aromatic carbocycles. The molecule has 0 amide bonds. The van der Waals surface area contributed by atoms with E-state index in [0.29, 0.717) is 11.3 Å². The summed E-state index contributed by atoms with van der Waals surface area (Å²) in [6.07, 6.45) is 8.67. The van der Waals surface area contributed by atoms with Crippen molar-refractivity contribution in [3.05, 3.63) is 0 Å². The summed E-state index contributed by atoms with van der Waals surface area (Å²) in [5, 5.41) is 12.7. The molecule has 2 aliphatic rings. The van der Waals surface area contributed by atoms with Crippen molar-refractivity contribution < 1.29 is 9.90 Å². The van der Waals surface area contributed by atoms with Crippen LogP contribution >= 0.6 is 11.8 Å². The largest absolute Gasteiger partial charge is 0.480 e. The molecule has 0 radical (unpaired) electrons. The molecule has 0 aromatic rings. The number of carboxylic acids is 1. The van der Waals surface area contributed by atoms with Gasteiger partial charge >= 0.3 is 5.97 Å². The molecule has 1 aliphatic carbocycles. The van der Waals surface area contributed by atoms with E-state index in [-0.39, 0.29) is 6.04 Å².